The van der Waals surface area contributed by atoms with Gasteiger partial charge in [-0.2, -0.15) is 0 Å². The van der Waals surface area contributed by atoms with Gasteiger partial charge in [-0.1, -0.05) is 0 Å². The molecule has 0 heterocycles. The maximum atomic E-state index is 8.14. The SMILES string of the molecule is CC1=Cc2c(-c3cc(C(C)(C)C)cc(C(C)(C)C)c3)cccc2[CH]1[Zr]([Cl])[CH]1C(C)=Cc2c1cc1c(c2-c2cc(C(C)(C)C)cc(C(C)(C)C)c2)CCC1. The number of hydrogen-bond acceptors (Lipinski definition) is 0. The molecular weight excluding hydrogens is 739 g/mol. The van der Waals surface area contributed by atoms with Crippen molar-refractivity contribution in [2.24, 2.45) is 0 Å². The summed E-state index contributed by atoms with van der Waals surface area (Å²) < 4.78 is 0.695. The Labute approximate surface area is 333 Å². The van der Waals surface area contributed by atoms with Crippen LogP contribution in [-0.2, 0) is 55.1 Å². The Morgan fingerprint density at radius 2 is 1.02 bits per heavy atom. The van der Waals surface area contributed by atoms with Crippen molar-refractivity contribution in [2.75, 3.05) is 0 Å². The van der Waals surface area contributed by atoms with E-state index in [2.05, 4.69) is 170 Å². The zero-order chi connectivity index (χ0) is 38.6. The molecule has 277 valence electrons. The van der Waals surface area contributed by atoms with E-state index < -0.39 is 20.6 Å². The van der Waals surface area contributed by atoms with Gasteiger partial charge >= 0.3 is 336 Å². The summed E-state index contributed by atoms with van der Waals surface area (Å²) in [5, 5.41) is 0. The van der Waals surface area contributed by atoms with Crippen LogP contribution >= 0.6 is 8.51 Å². The molecule has 7 rings (SSSR count). The monoisotopic (exact) mass is 799 g/mol. The average Bonchev–Trinajstić information content (AvgIpc) is 3.75. The van der Waals surface area contributed by atoms with Crippen LogP contribution in [0.25, 0.3) is 34.4 Å². The van der Waals surface area contributed by atoms with Gasteiger partial charge < -0.3 is 0 Å². The normalized spacial score (nSPS) is 18.5. The second-order valence-corrected chi connectivity index (χ2v) is 28.0. The summed E-state index contributed by atoms with van der Waals surface area (Å²) in [5.41, 5.74) is 23.4. The fraction of sp³-hybridized carbons (Fsp3) is 0.451. The van der Waals surface area contributed by atoms with E-state index in [-0.39, 0.29) is 21.7 Å². The minimum absolute atomic E-state index is 0.0698. The Kier molecular flexibility index (Phi) is 9.76. The van der Waals surface area contributed by atoms with E-state index in [1.54, 1.807) is 11.1 Å². The number of benzene rings is 4. The van der Waals surface area contributed by atoms with E-state index in [1.165, 1.54) is 97.2 Å². The summed E-state index contributed by atoms with van der Waals surface area (Å²) in [6.07, 6.45) is 8.62. The third-order valence-electron chi connectivity index (χ3n) is 12.4. The Bertz CT molecular complexity index is 2120. The summed E-state index contributed by atoms with van der Waals surface area (Å²) in [6.45, 7) is 32.9. The molecule has 4 aromatic carbocycles. The molecule has 2 atom stereocenters. The van der Waals surface area contributed by atoms with Gasteiger partial charge in [0.2, 0.25) is 0 Å². The van der Waals surface area contributed by atoms with Gasteiger partial charge in [0.25, 0.3) is 0 Å². The first-order chi connectivity index (χ1) is 24.5. The van der Waals surface area contributed by atoms with Gasteiger partial charge in [0.15, 0.2) is 0 Å². The van der Waals surface area contributed by atoms with Crippen molar-refractivity contribution in [2.45, 2.75) is 145 Å². The molecule has 0 saturated heterocycles. The summed E-state index contributed by atoms with van der Waals surface area (Å²) in [4.78, 5) is 0. The summed E-state index contributed by atoms with van der Waals surface area (Å²) in [6, 6.07) is 24.5. The van der Waals surface area contributed by atoms with E-state index in [0.717, 1.165) is 0 Å². The zero-order valence-corrected chi connectivity index (χ0v) is 38.3. The van der Waals surface area contributed by atoms with Crippen LogP contribution in [0.5, 0.6) is 0 Å². The second-order valence-electron chi connectivity index (χ2n) is 20.7. The molecule has 2 unspecified atom stereocenters. The molecule has 0 radical (unpaired) electrons. The minimum atomic E-state index is -2.75. The Morgan fingerprint density at radius 3 is 1.53 bits per heavy atom. The molecule has 0 bridgehead atoms. The number of hydrogen-bond donors (Lipinski definition) is 0. The fourth-order valence-electron chi connectivity index (χ4n) is 9.05. The van der Waals surface area contributed by atoms with E-state index in [4.69, 9.17) is 8.51 Å². The van der Waals surface area contributed by atoms with Gasteiger partial charge in [0.1, 0.15) is 0 Å². The van der Waals surface area contributed by atoms with Crippen LogP contribution in [-0.4, -0.2) is 0 Å². The molecular formula is C51H62ClZr. The number of aryl methyl sites for hydroxylation is 1. The van der Waals surface area contributed by atoms with Gasteiger partial charge in [-0.15, -0.1) is 0 Å². The standard InChI is InChI=1S/C27H33.C24H29.ClH.Zr/c1-17-11-19-13-18-9-8-10-23(18)25(24(19)12-17)20-14-21(26(2,3)4)16-22(15-20)27(5,6)7;1-16-11-17-9-8-10-21(22(17)12-16)18-13-19(23(2,3)4)15-20(14-18)24(5,6)7;;/h11-16H,8-10H2,1-7H3;8-15H,1-7H3;1H;/q;;;+1/p-1. The molecule has 3 aliphatic rings. The van der Waals surface area contributed by atoms with Gasteiger partial charge in [0, 0.05) is 0 Å². The topological polar surface area (TPSA) is 0 Å². The zero-order valence-electron chi connectivity index (χ0n) is 35.1. The number of halogens is 1. The van der Waals surface area contributed by atoms with Crippen LogP contribution in [0.15, 0.2) is 71.8 Å². The molecule has 0 amide bonds. The summed E-state index contributed by atoms with van der Waals surface area (Å²) in [5.74, 6) is 0. The summed E-state index contributed by atoms with van der Waals surface area (Å²) >= 11 is -2.75. The van der Waals surface area contributed by atoms with Crippen molar-refractivity contribution < 1.29 is 20.6 Å². The predicted octanol–water partition coefficient (Wildman–Crippen LogP) is 15.1. The van der Waals surface area contributed by atoms with E-state index in [9.17, 15) is 0 Å². The average molecular weight is 802 g/mol. The van der Waals surface area contributed by atoms with Crippen molar-refractivity contribution in [1.29, 1.82) is 0 Å². The second kappa shape index (κ2) is 13.3. The number of fused-ring (bicyclic) bond motifs is 3. The van der Waals surface area contributed by atoms with Crippen LogP contribution in [0.1, 0.15) is 166 Å². The summed E-state index contributed by atoms with van der Waals surface area (Å²) in [7, 11) is 8.14. The molecule has 0 aromatic heterocycles. The van der Waals surface area contributed by atoms with Gasteiger partial charge in [0.05, 0.1) is 0 Å². The quantitative estimate of drug-likeness (QED) is 0.193. The van der Waals surface area contributed by atoms with E-state index in [0.29, 0.717) is 7.25 Å². The molecule has 53 heavy (non-hydrogen) atoms. The van der Waals surface area contributed by atoms with Crippen molar-refractivity contribution >= 4 is 20.7 Å². The molecule has 0 nitrogen and oxygen atoms in total. The molecule has 4 aromatic rings. The molecule has 2 heteroatoms. The number of allylic oxidation sites excluding steroid dienone is 2. The van der Waals surface area contributed by atoms with Crippen molar-refractivity contribution in [3.8, 4) is 22.3 Å². The first kappa shape index (κ1) is 38.8. The van der Waals surface area contributed by atoms with Crippen LogP contribution < -0.4 is 0 Å². The predicted molar refractivity (Wildman–Crippen MR) is 229 cm³/mol. The van der Waals surface area contributed by atoms with Gasteiger partial charge in [-0.3, -0.25) is 0 Å². The van der Waals surface area contributed by atoms with Gasteiger partial charge in [-0.25, -0.2) is 0 Å². The molecule has 0 aliphatic heterocycles. The third-order valence-corrected chi connectivity index (χ3v) is 21.4. The van der Waals surface area contributed by atoms with Crippen molar-refractivity contribution in [3.05, 3.63) is 127 Å². The molecule has 3 aliphatic carbocycles. The Balaban J connectivity index is 1.35. The Morgan fingerprint density at radius 1 is 0.547 bits per heavy atom. The van der Waals surface area contributed by atoms with E-state index in [1.807, 2.05) is 0 Å². The van der Waals surface area contributed by atoms with Crippen LogP contribution in [0.4, 0.5) is 0 Å². The third kappa shape index (κ3) is 7.10. The fourth-order valence-corrected chi connectivity index (χ4v) is 18.5. The Hall–Kier alpha value is -2.47. The van der Waals surface area contributed by atoms with Crippen molar-refractivity contribution in [3.63, 3.8) is 0 Å². The van der Waals surface area contributed by atoms with E-state index >= 15 is 0 Å². The van der Waals surface area contributed by atoms with Crippen molar-refractivity contribution in [1.82, 2.24) is 0 Å². The molecule has 0 saturated carbocycles. The first-order valence-corrected chi connectivity index (χ1v) is 26.1. The molecule has 0 fully saturated rings. The number of rotatable bonds is 4. The molecule has 0 spiro atoms. The van der Waals surface area contributed by atoms with Crippen LogP contribution in [0, 0.1) is 0 Å². The van der Waals surface area contributed by atoms with Crippen LogP contribution in [0.3, 0.4) is 0 Å². The first-order valence-electron chi connectivity index (χ1n) is 20.1. The maximum absolute atomic E-state index is 8.14. The molecule has 0 N–H and O–H groups in total. The van der Waals surface area contributed by atoms with Gasteiger partial charge in [-0.05, 0) is 0 Å². The van der Waals surface area contributed by atoms with Crippen LogP contribution in [0.2, 0.25) is 0 Å².